The Labute approximate surface area is 122 Å². The first-order chi connectivity index (χ1) is 9.70. The van der Waals surface area contributed by atoms with Crippen molar-refractivity contribution in [3.05, 3.63) is 29.8 Å². The highest BCUT2D eigenvalue weighted by molar-refractivity contribution is 7.99. The Bertz CT molecular complexity index is 459. The standard InChI is InChI=1S/C15H20FNO2S/c16-13-10-17-5-1-12(13)14(18)11-2-6-19-15(9-11)3-7-20-8-4-15/h1,5,10-11,14,18H,2-4,6-9H2. The maximum Gasteiger partial charge on any atom is 0.147 e. The van der Waals surface area contributed by atoms with Crippen LogP contribution in [0.25, 0.3) is 0 Å². The normalized spacial score (nSPS) is 27.4. The zero-order valence-electron chi connectivity index (χ0n) is 11.4. The number of aromatic nitrogens is 1. The molecule has 5 heteroatoms. The molecule has 0 amide bonds. The minimum absolute atomic E-state index is 0.0729. The Balaban J connectivity index is 1.75. The summed E-state index contributed by atoms with van der Waals surface area (Å²) < 4.78 is 19.8. The van der Waals surface area contributed by atoms with Crippen molar-refractivity contribution in [2.24, 2.45) is 5.92 Å². The summed E-state index contributed by atoms with van der Waals surface area (Å²) >= 11 is 1.96. The van der Waals surface area contributed by atoms with E-state index < -0.39 is 11.9 Å². The van der Waals surface area contributed by atoms with Gasteiger partial charge in [-0.15, -0.1) is 0 Å². The van der Waals surface area contributed by atoms with Crippen LogP contribution in [0.2, 0.25) is 0 Å². The molecule has 2 aliphatic heterocycles. The number of hydrogen-bond acceptors (Lipinski definition) is 4. The molecule has 1 N–H and O–H groups in total. The van der Waals surface area contributed by atoms with Crippen molar-refractivity contribution in [3.8, 4) is 0 Å². The molecule has 2 unspecified atom stereocenters. The van der Waals surface area contributed by atoms with Crippen LogP contribution in [0, 0.1) is 11.7 Å². The lowest BCUT2D eigenvalue weighted by molar-refractivity contribution is -0.121. The van der Waals surface area contributed by atoms with Crippen LogP contribution in [0.3, 0.4) is 0 Å². The van der Waals surface area contributed by atoms with Crippen LogP contribution in [0.15, 0.2) is 18.5 Å². The van der Waals surface area contributed by atoms with Crippen molar-refractivity contribution in [2.45, 2.75) is 37.4 Å². The zero-order valence-corrected chi connectivity index (χ0v) is 12.2. The average molecular weight is 297 g/mol. The van der Waals surface area contributed by atoms with E-state index in [4.69, 9.17) is 4.74 Å². The molecule has 0 saturated carbocycles. The Hall–Kier alpha value is -0.650. The van der Waals surface area contributed by atoms with Gasteiger partial charge in [-0.05, 0) is 49.2 Å². The second kappa shape index (κ2) is 6.00. The number of aliphatic hydroxyl groups is 1. The van der Waals surface area contributed by atoms with Crippen molar-refractivity contribution in [2.75, 3.05) is 18.1 Å². The first kappa shape index (κ1) is 14.3. The first-order valence-corrected chi connectivity index (χ1v) is 8.35. The van der Waals surface area contributed by atoms with Gasteiger partial charge in [0.05, 0.1) is 17.9 Å². The topological polar surface area (TPSA) is 42.4 Å². The number of rotatable bonds is 2. The van der Waals surface area contributed by atoms with Crippen LogP contribution in [-0.4, -0.2) is 33.8 Å². The number of ether oxygens (including phenoxy) is 1. The molecular weight excluding hydrogens is 277 g/mol. The maximum absolute atomic E-state index is 13.8. The number of halogens is 1. The van der Waals surface area contributed by atoms with E-state index in [-0.39, 0.29) is 11.5 Å². The molecule has 0 bridgehead atoms. The molecule has 3 nitrogen and oxygen atoms in total. The van der Waals surface area contributed by atoms with E-state index in [0.717, 1.165) is 37.2 Å². The van der Waals surface area contributed by atoms with E-state index in [9.17, 15) is 9.50 Å². The summed E-state index contributed by atoms with van der Waals surface area (Å²) in [6, 6.07) is 1.58. The Kier molecular flexibility index (Phi) is 4.29. The molecule has 20 heavy (non-hydrogen) atoms. The van der Waals surface area contributed by atoms with Gasteiger partial charge in [0, 0.05) is 18.4 Å². The molecular formula is C15H20FNO2S. The molecule has 2 saturated heterocycles. The van der Waals surface area contributed by atoms with Crippen LogP contribution in [0.5, 0.6) is 0 Å². The molecule has 1 spiro atoms. The highest BCUT2D eigenvalue weighted by Gasteiger charge is 2.41. The number of aliphatic hydroxyl groups excluding tert-OH is 1. The fourth-order valence-electron chi connectivity index (χ4n) is 3.31. The monoisotopic (exact) mass is 297 g/mol. The van der Waals surface area contributed by atoms with E-state index in [1.165, 1.54) is 12.4 Å². The van der Waals surface area contributed by atoms with Crippen molar-refractivity contribution >= 4 is 11.8 Å². The third-order valence-corrected chi connectivity index (χ3v) is 5.49. The lowest BCUT2D eigenvalue weighted by atomic mass is 9.78. The summed E-state index contributed by atoms with van der Waals surface area (Å²) in [7, 11) is 0. The van der Waals surface area contributed by atoms with Crippen molar-refractivity contribution in [1.29, 1.82) is 0 Å². The highest BCUT2D eigenvalue weighted by atomic mass is 32.2. The van der Waals surface area contributed by atoms with Crippen molar-refractivity contribution < 1.29 is 14.2 Å². The Morgan fingerprint density at radius 3 is 3.00 bits per heavy atom. The van der Waals surface area contributed by atoms with E-state index in [1.807, 2.05) is 11.8 Å². The van der Waals surface area contributed by atoms with Gasteiger partial charge in [0.2, 0.25) is 0 Å². The van der Waals surface area contributed by atoms with Crippen molar-refractivity contribution in [1.82, 2.24) is 4.98 Å². The van der Waals surface area contributed by atoms with Crippen molar-refractivity contribution in [3.63, 3.8) is 0 Å². The van der Waals surface area contributed by atoms with E-state index in [2.05, 4.69) is 4.98 Å². The third kappa shape index (κ3) is 2.85. The van der Waals surface area contributed by atoms with Gasteiger partial charge >= 0.3 is 0 Å². The second-order valence-electron chi connectivity index (χ2n) is 5.74. The lowest BCUT2D eigenvalue weighted by Gasteiger charge is -2.44. The number of thioether (sulfide) groups is 1. The summed E-state index contributed by atoms with van der Waals surface area (Å²) in [6.45, 7) is 0.666. The van der Waals surface area contributed by atoms with Gasteiger partial charge in [0.25, 0.3) is 0 Å². The molecule has 0 radical (unpaired) electrons. The largest absolute Gasteiger partial charge is 0.388 e. The smallest absolute Gasteiger partial charge is 0.147 e. The van der Waals surface area contributed by atoms with Gasteiger partial charge in [-0.2, -0.15) is 11.8 Å². The first-order valence-electron chi connectivity index (χ1n) is 7.19. The number of pyridine rings is 1. The molecule has 1 aromatic rings. The molecule has 2 atom stereocenters. The maximum atomic E-state index is 13.8. The fourth-order valence-corrected chi connectivity index (χ4v) is 4.54. The van der Waals surface area contributed by atoms with Gasteiger partial charge in [0.1, 0.15) is 5.82 Å². The van der Waals surface area contributed by atoms with Crippen LogP contribution in [0.1, 0.15) is 37.4 Å². The minimum Gasteiger partial charge on any atom is -0.388 e. The van der Waals surface area contributed by atoms with Gasteiger partial charge in [-0.25, -0.2) is 4.39 Å². The SMILES string of the molecule is OC(c1ccncc1F)C1CCOC2(CCSCC2)C1. The number of nitrogens with zero attached hydrogens (tertiary/aromatic N) is 1. The molecule has 3 rings (SSSR count). The molecule has 110 valence electrons. The molecule has 0 aromatic carbocycles. The summed E-state index contributed by atoms with van der Waals surface area (Å²) in [5.41, 5.74) is 0.283. The summed E-state index contributed by atoms with van der Waals surface area (Å²) in [6.07, 6.45) is 5.65. The van der Waals surface area contributed by atoms with Gasteiger partial charge in [-0.1, -0.05) is 0 Å². The molecule has 2 fully saturated rings. The van der Waals surface area contributed by atoms with Crippen LogP contribution in [0.4, 0.5) is 4.39 Å². The minimum atomic E-state index is -0.756. The van der Waals surface area contributed by atoms with Gasteiger partial charge in [0.15, 0.2) is 0 Å². The second-order valence-corrected chi connectivity index (χ2v) is 6.96. The third-order valence-electron chi connectivity index (χ3n) is 4.50. The van der Waals surface area contributed by atoms with E-state index in [1.54, 1.807) is 6.07 Å². The molecule has 1 aromatic heterocycles. The van der Waals surface area contributed by atoms with E-state index >= 15 is 0 Å². The van der Waals surface area contributed by atoms with Crippen LogP contribution < -0.4 is 0 Å². The number of hydrogen-bond donors (Lipinski definition) is 1. The molecule has 3 heterocycles. The summed E-state index contributed by atoms with van der Waals surface area (Å²) in [5.74, 6) is 1.89. The van der Waals surface area contributed by atoms with Crippen LogP contribution in [-0.2, 0) is 4.74 Å². The molecule has 0 aliphatic carbocycles. The van der Waals surface area contributed by atoms with Crippen LogP contribution >= 0.6 is 11.8 Å². The fraction of sp³-hybridized carbons (Fsp3) is 0.667. The zero-order chi connectivity index (χ0) is 14.0. The van der Waals surface area contributed by atoms with Gasteiger partial charge < -0.3 is 9.84 Å². The average Bonchev–Trinajstić information content (AvgIpc) is 2.48. The summed E-state index contributed by atoms with van der Waals surface area (Å²) in [4.78, 5) is 3.74. The highest BCUT2D eigenvalue weighted by Crippen LogP contribution is 2.43. The Morgan fingerprint density at radius 2 is 2.25 bits per heavy atom. The summed E-state index contributed by atoms with van der Waals surface area (Å²) in [5, 5.41) is 10.5. The quantitative estimate of drug-likeness (QED) is 0.911. The Morgan fingerprint density at radius 1 is 1.45 bits per heavy atom. The molecule has 2 aliphatic rings. The predicted octanol–water partition coefficient (Wildman–Crippen LogP) is 2.95. The van der Waals surface area contributed by atoms with Gasteiger partial charge in [-0.3, -0.25) is 4.98 Å². The van der Waals surface area contributed by atoms with E-state index in [0.29, 0.717) is 12.2 Å². The lowest BCUT2D eigenvalue weighted by Crippen LogP contribution is -2.44. The predicted molar refractivity (Wildman–Crippen MR) is 77.1 cm³/mol.